The third kappa shape index (κ3) is 5.29. The lowest BCUT2D eigenvalue weighted by molar-refractivity contribution is 0.0938. The van der Waals surface area contributed by atoms with Crippen LogP contribution in [0, 0.1) is 5.41 Å². The monoisotopic (exact) mass is 289 g/mol. The number of hydrogen-bond acceptors (Lipinski definition) is 5. The summed E-state index contributed by atoms with van der Waals surface area (Å²) in [5.74, 6) is -0.627. The number of rotatable bonds is 4. The van der Waals surface area contributed by atoms with Crippen LogP contribution in [-0.2, 0) is 17.2 Å². The largest absolute Gasteiger partial charge is 0.359 e. The maximum absolute atomic E-state index is 12.0. The smallest absolute Gasteiger partial charge is 0.307 e. The van der Waals surface area contributed by atoms with Gasteiger partial charge in [0, 0.05) is 19.8 Å². The molecule has 0 fully saturated rings. The summed E-state index contributed by atoms with van der Waals surface area (Å²) < 4.78 is 28.2. The van der Waals surface area contributed by atoms with Crippen molar-refractivity contribution in [3.63, 3.8) is 0 Å². The van der Waals surface area contributed by atoms with Crippen molar-refractivity contribution in [1.29, 1.82) is 0 Å². The van der Waals surface area contributed by atoms with E-state index in [1.54, 1.807) is 7.05 Å². The molecular formula is C11H19N3O4S. The minimum absolute atomic E-state index is 0.0737. The van der Waals surface area contributed by atoms with Crippen molar-refractivity contribution in [3.8, 4) is 5.88 Å². The van der Waals surface area contributed by atoms with Gasteiger partial charge in [-0.1, -0.05) is 20.8 Å². The van der Waals surface area contributed by atoms with Gasteiger partial charge in [0.2, 0.25) is 0 Å². The van der Waals surface area contributed by atoms with Gasteiger partial charge in [-0.15, -0.1) is 5.10 Å². The van der Waals surface area contributed by atoms with Gasteiger partial charge in [0.15, 0.2) is 0 Å². The summed E-state index contributed by atoms with van der Waals surface area (Å²) in [6.45, 7) is 6.39. The summed E-state index contributed by atoms with van der Waals surface area (Å²) in [6, 6.07) is 0. The molecule has 7 nitrogen and oxygen atoms in total. The number of amides is 1. The molecule has 0 spiro atoms. The van der Waals surface area contributed by atoms with Crippen molar-refractivity contribution in [2.24, 2.45) is 12.5 Å². The summed E-state index contributed by atoms with van der Waals surface area (Å²) in [4.78, 5) is 12.0. The Kier molecular flexibility index (Phi) is 4.24. The van der Waals surface area contributed by atoms with E-state index < -0.39 is 16.0 Å². The molecule has 0 aromatic carbocycles. The molecule has 0 saturated carbocycles. The lowest BCUT2D eigenvalue weighted by Crippen LogP contribution is -2.32. The SMILES string of the molecule is Cn1cc(C(=O)NCC(C)(C)C)c(OS(C)(=O)=O)n1. The standard InChI is InChI=1S/C11H19N3O4S/c1-11(2,3)7-12-9(15)8-6-14(4)13-10(8)18-19(5,16)17/h6H,7H2,1-5H3,(H,12,15). The Balaban J connectivity index is 2.91. The first-order valence-corrected chi connectivity index (χ1v) is 7.51. The van der Waals surface area contributed by atoms with Crippen LogP contribution >= 0.6 is 0 Å². The van der Waals surface area contributed by atoms with Gasteiger partial charge in [0.05, 0.1) is 6.26 Å². The predicted molar refractivity (Wildman–Crippen MR) is 70.5 cm³/mol. The van der Waals surface area contributed by atoms with Gasteiger partial charge in [-0.2, -0.15) is 8.42 Å². The molecule has 0 bridgehead atoms. The second-order valence-corrected chi connectivity index (χ2v) is 7.13. The van der Waals surface area contributed by atoms with Gasteiger partial charge >= 0.3 is 10.1 Å². The van der Waals surface area contributed by atoms with Crippen LogP contribution in [0.2, 0.25) is 0 Å². The molecule has 0 radical (unpaired) electrons. The summed E-state index contributed by atoms with van der Waals surface area (Å²) >= 11 is 0. The van der Waals surface area contributed by atoms with Crippen molar-refractivity contribution in [2.45, 2.75) is 20.8 Å². The average Bonchev–Trinajstić information content (AvgIpc) is 2.52. The number of nitrogens with zero attached hydrogens (tertiary/aromatic N) is 2. The van der Waals surface area contributed by atoms with Crippen LogP contribution in [-0.4, -0.2) is 36.9 Å². The highest BCUT2D eigenvalue weighted by atomic mass is 32.2. The van der Waals surface area contributed by atoms with E-state index in [0.717, 1.165) is 6.26 Å². The van der Waals surface area contributed by atoms with Gasteiger partial charge < -0.3 is 9.50 Å². The number of aryl methyl sites for hydroxylation is 1. The van der Waals surface area contributed by atoms with Crippen LogP contribution in [0.3, 0.4) is 0 Å². The maximum atomic E-state index is 12.0. The topological polar surface area (TPSA) is 90.3 Å². The first kappa shape index (κ1) is 15.5. The Morgan fingerprint density at radius 2 is 2.05 bits per heavy atom. The molecule has 1 aromatic rings. The first-order valence-electron chi connectivity index (χ1n) is 5.69. The van der Waals surface area contributed by atoms with E-state index in [9.17, 15) is 13.2 Å². The maximum Gasteiger partial charge on any atom is 0.307 e. The molecule has 108 valence electrons. The fourth-order valence-corrected chi connectivity index (χ4v) is 1.68. The third-order valence-electron chi connectivity index (χ3n) is 2.05. The van der Waals surface area contributed by atoms with Gasteiger partial charge in [-0.3, -0.25) is 9.48 Å². The zero-order valence-electron chi connectivity index (χ0n) is 11.7. The molecule has 1 aromatic heterocycles. The zero-order chi connectivity index (χ0) is 14.8. The van der Waals surface area contributed by atoms with Crippen molar-refractivity contribution in [1.82, 2.24) is 15.1 Å². The lowest BCUT2D eigenvalue weighted by atomic mass is 9.97. The second-order valence-electron chi connectivity index (χ2n) is 5.55. The van der Waals surface area contributed by atoms with E-state index in [1.165, 1.54) is 10.9 Å². The highest BCUT2D eigenvalue weighted by Crippen LogP contribution is 2.18. The molecule has 0 aliphatic heterocycles. The molecule has 1 N–H and O–H groups in total. The summed E-state index contributed by atoms with van der Waals surface area (Å²) in [5.41, 5.74) is 0.0209. The Morgan fingerprint density at radius 1 is 1.47 bits per heavy atom. The van der Waals surface area contributed by atoms with E-state index >= 15 is 0 Å². The zero-order valence-corrected chi connectivity index (χ0v) is 12.5. The molecule has 8 heteroatoms. The molecule has 19 heavy (non-hydrogen) atoms. The summed E-state index contributed by atoms with van der Waals surface area (Å²) in [7, 11) is -2.14. The van der Waals surface area contributed by atoms with Crippen molar-refractivity contribution in [3.05, 3.63) is 11.8 Å². The lowest BCUT2D eigenvalue weighted by Gasteiger charge is -2.18. The average molecular weight is 289 g/mol. The summed E-state index contributed by atoms with van der Waals surface area (Å²) in [6.07, 6.45) is 2.32. The van der Waals surface area contributed by atoms with Crippen LogP contribution in [0.1, 0.15) is 31.1 Å². The Bertz CT molecular complexity index is 569. The number of carbonyl (C=O) groups is 1. The van der Waals surface area contributed by atoms with E-state index in [-0.39, 0.29) is 16.9 Å². The molecule has 0 atom stereocenters. The molecule has 0 aliphatic rings. The van der Waals surface area contributed by atoms with Crippen LogP contribution < -0.4 is 9.50 Å². The van der Waals surface area contributed by atoms with Crippen molar-refractivity contribution < 1.29 is 17.4 Å². The van der Waals surface area contributed by atoms with E-state index in [2.05, 4.69) is 14.6 Å². The predicted octanol–water partition coefficient (Wildman–Crippen LogP) is 0.534. The van der Waals surface area contributed by atoms with Crippen molar-refractivity contribution in [2.75, 3.05) is 12.8 Å². The van der Waals surface area contributed by atoms with Crippen LogP contribution in [0.25, 0.3) is 0 Å². The normalized spacial score (nSPS) is 12.3. The van der Waals surface area contributed by atoms with Crippen LogP contribution in [0.4, 0.5) is 0 Å². The molecule has 1 rings (SSSR count). The number of nitrogens with one attached hydrogen (secondary N) is 1. The van der Waals surface area contributed by atoms with Gasteiger partial charge in [0.1, 0.15) is 5.56 Å². The third-order valence-corrected chi connectivity index (χ3v) is 2.51. The van der Waals surface area contributed by atoms with Gasteiger partial charge in [-0.25, -0.2) is 0 Å². The van der Waals surface area contributed by atoms with Crippen LogP contribution in [0.5, 0.6) is 5.88 Å². The summed E-state index contributed by atoms with van der Waals surface area (Å²) in [5, 5.41) is 6.53. The molecule has 1 amide bonds. The Labute approximate surface area is 113 Å². The van der Waals surface area contributed by atoms with E-state index in [1.807, 2.05) is 20.8 Å². The van der Waals surface area contributed by atoms with Crippen LogP contribution in [0.15, 0.2) is 6.20 Å². The highest BCUT2D eigenvalue weighted by molar-refractivity contribution is 7.86. The van der Waals surface area contributed by atoms with E-state index in [4.69, 9.17) is 0 Å². The number of hydrogen-bond donors (Lipinski definition) is 1. The number of aromatic nitrogens is 2. The quantitative estimate of drug-likeness (QED) is 0.817. The minimum atomic E-state index is -3.72. The molecular weight excluding hydrogens is 270 g/mol. The minimum Gasteiger partial charge on any atom is -0.359 e. The number of carbonyl (C=O) groups excluding carboxylic acids is 1. The highest BCUT2D eigenvalue weighted by Gasteiger charge is 2.21. The fraction of sp³-hybridized carbons (Fsp3) is 0.636. The molecule has 0 unspecified atom stereocenters. The van der Waals surface area contributed by atoms with Gasteiger partial charge in [0.25, 0.3) is 11.8 Å². The van der Waals surface area contributed by atoms with Crippen molar-refractivity contribution >= 4 is 16.0 Å². The second kappa shape index (κ2) is 5.20. The van der Waals surface area contributed by atoms with E-state index in [0.29, 0.717) is 6.54 Å². The molecule has 0 aliphatic carbocycles. The van der Waals surface area contributed by atoms with Gasteiger partial charge in [-0.05, 0) is 5.41 Å². The fourth-order valence-electron chi connectivity index (χ4n) is 1.27. The Hall–Kier alpha value is -1.57. The molecule has 0 saturated heterocycles. The first-order chi connectivity index (χ1) is 8.48. The Morgan fingerprint density at radius 3 is 2.53 bits per heavy atom. The molecule has 1 heterocycles.